The van der Waals surface area contributed by atoms with Crippen LogP contribution in [0.5, 0.6) is 0 Å². The summed E-state index contributed by atoms with van der Waals surface area (Å²) in [5.41, 5.74) is 0. The molecule has 0 aromatic carbocycles. The Labute approximate surface area is 120 Å². The molecule has 19 heavy (non-hydrogen) atoms. The molecule has 2 unspecified atom stereocenters. The predicted octanol–water partition coefficient (Wildman–Crippen LogP) is 4.85. The van der Waals surface area contributed by atoms with Crippen molar-refractivity contribution in [2.75, 3.05) is 19.6 Å². The Bertz CT molecular complexity index is 269. The molecule has 0 amide bonds. The maximum Gasteiger partial charge on any atom is 0.308 e. The first-order valence-electron chi connectivity index (χ1n) is 8.53. The smallest absolute Gasteiger partial charge is 0.223 e. The number of hydrogen-bond donors (Lipinski definition) is 0. The molecule has 0 N–H and O–H groups in total. The Hall–Kier alpha value is -0.550. The number of nitriles is 1. The Morgan fingerprint density at radius 1 is 1.00 bits per heavy atom. The van der Waals surface area contributed by atoms with E-state index in [1.807, 2.05) is 0 Å². The van der Waals surface area contributed by atoms with Gasteiger partial charge in [-0.15, -0.1) is 5.26 Å². The summed E-state index contributed by atoms with van der Waals surface area (Å²) < 4.78 is 0.750. The minimum atomic E-state index is 0.750. The first-order chi connectivity index (χ1) is 9.26. The standard InChI is InChI=1S/C17H33N2/c1-3-5-6-7-8-9-10-13-19(16-18)14-12-17(15-19)11-4-2/h17H,3-15H2,1-2H3/q+1. The molecule has 0 aromatic heterocycles. The van der Waals surface area contributed by atoms with Crippen LogP contribution in [0.4, 0.5) is 0 Å². The van der Waals surface area contributed by atoms with E-state index in [1.54, 1.807) is 0 Å². The summed E-state index contributed by atoms with van der Waals surface area (Å²) in [5.74, 6) is 0.814. The first-order valence-corrected chi connectivity index (χ1v) is 8.53. The van der Waals surface area contributed by atoms with Crippen LogP contribution in [-0.4, -0.2) is 24.1 Å². The molecule has 2 nitrogen and oxygen atoms in total. The van der Waals surface area contributed by atoms with Gasteiger partial charge < -0.3 is 0 Å². The lowest BCUT2D eigenvalue weighted by molar-refractivity contribution is -0.855. The lowest BCUT2D eigenvalue weighted by atomic mass is 10.0. The molecule has 0 bridgehead atoms. The van der Waals surface area contributed by atoms with E-state index in [0.29, 0.717) is 0 Å². The molecule has 1 heterocycles. The van der Waals surface area contributed by atoms with E-state index in [0.717, 1.165) is 30.0 Å². The monoisotopic (exact) mass is 265 g/mol. The summed E-state index contributed by atoms with van der Waals surface area (Å²) in [6.45, 7) is 7.86. The van der Waals surface area contributed by atoms with Crippen molar-refractivity contribution in [1.82, 2.24) is 0 Å². The zero-order valence-corrected chi connectivity index (χ0v) is 13.2. The number of nitrogens with zero attached hydrogens (tertiary/aromatic N) is 2. The average molecular weight is 265 g/mol. The van der Waals surface area contributed by atoms with Gasteiger partial charge in [0.25, 0.3) is 0 Å². The zero-order valence-electron chi connectivity index (χ0n) is 13.2. The van der Waals surface area contributed by atoms with Gasteiger partial charge >= 0.3 is 6.19 Å². The fourth-order valence-corrected chi connectivity index (χ4v) is 3.47. The zero-order chi connectivity index (χ0) is 14.0. The molecule has 110 valence electrons. The van der Waals surface area contributed by atoms with Crippen molar-refractivity contribution in [2.24, 2.45) is 5.92 Å². The van der Waals surface area contributed by atoms with Gasteiger partial charge in [0.15, 0.2) is 0 Å². The van der Waals surface area contributed by atoms with E-state index >= 15 is 0 Å². The third-order valence-corrected chi connectivity index (χ3v) is 4.67. The van der Waals surface area contributed by atoms with E-state index in [2.05, 4.69) is 20.0 Å². The van der Waals surface area contributed by atoms with Crippen molar-refractivity contribution in [2.45, 2.75) is 78.1 Å². The van der Waals surface area contributed by atoms with E-state index in [-0.39, 0.29) is 0 Å². The van der Waals surface area contributed by atoms with Crippen molar-refractivity contribution >= 4 is 0 Å². The molecular formula is C17H33N2+. The van der Waals surface area contributed by atoms with E-state index in [1.165, 1.54) is 64.2 Å². The second kappa shape index (κ2) is 9.37. The highest BCUT2D eigenvalue weighted by Crippen LogP contribution is 2.28. The van der Waals surface area contributed by atoms with Gasteiger partial charge in [-0.3, -0.25) is 0 Å². The Morgan fingerprint density at radius 3 is 2.32 bits per heavy atom. The fraction of sp³-hybridized carbons (Fsp3) is 0.941. The molecule has 0 radical (unpaired) electrons. The van der Waals surface area contributed by atoms with Gasteiger partial charge in [0.2, 0.25) is 0 Å². The molecule has 1 fully saturated rings. The molecule has 0 spiro atoms. The molecule has 0 aliphatic carbocycles. The van der Waals surface area contributed by atoms with E-state index in [9.17, 15) is 5.26 Å². The molecule has 1 aliphatic heterocycles. The van der Waals surface area contributed by atoms with Gasteiger partial charge in [-0.05, 0) is 19.3 Å². The minimum Gasteiger partial charge on any atom is -0.223 e. The summed E-state index contributed by atoms with van der Waals surface area (Å²) >= 11 is 0. The number of rotatable bonds is 10. The van der Waals surface area contributed by atoms with Crippen LogP contribution in [0.2, 0.25) is 0 Å². The van der Waals surface area contributed by atoms with Crippen molar-refractivity contribution in [1.29, 1.82) is 5.26 Å². The minimum absolute atomic E-state index is 0.750. The van der Waals surface area contributed by atoms with Crippen LogP contribution in [0.1, 0.15) is 78.1 Å². The summed E-state index contributed by atoms with van der Waals surface area (Å²) in [6.07, 6.45) is 15.9. The summed E-state index contributed by atoms with van der Waals surface area (Å²) in [5, 5.41) is 9.50. The number of hydrogen-bond acceptors (Lipinski definition) is 1. The van der Waals surface area contributed by atoms with Crippen LogP contribution < -0.4 is 0 Å². The highest BCUT2D eigenvalue weighted by atomic mass is 15.4. The molecule has 2 heteroatoms. The molecule has 1 saturated heterocycles. The quantitative estimate of drug-likeness (QED) is 0.314. The third-order valence-electron chi connectivity index (χ3n) is 4.67. The molecule has 2 atom stereocenters. The maximum absolute atomic E-state index is 9.50. The van der Waals surface area contributed by atoms with Gasteiger partial charge in [0.05, 0.1) is 19.6 Å². The van der Waals surface area contributed by atoms with Crippen molar-refractivity contribution in [3.63, 3.8) is 0 Å². The second-order valence-corrected chi connectivity index (χ2v) is 6.44. The molecule has 1 aliphatic rings. The normalized spacial score (nSPS) is 26.5. The summed E-state index contributed by atoms with van der Waals surface area (Å²) in [6, 6.07) is 0. The van der Waals surface area contributed by atoms with Crippen LogP contribution in [-0.2, 0) is 0 Å². The topological polar surface area (TPSA) is 23.8 Å². The van der Waals surface area contributed by atoms with Crippen LogP contribution in [0.3, 0.4) is 0 Å². The van der Waals surface area contributed by atoms with Gasteiger partial charge in [-0.2, -0.15) is 0 Å². The molecule has 0 aromatic rings. The van der Waals surface area contributed by atoms with Crippen molar-refractivity contribution in [3.05, 3.63) is 0 Å². The third kappa shape index (κ3) is 5.95. The Morgan fingerprint density at radius 2 is 1.68 bits per heavy atom. The highest BCUT2D eigenvalue weighted by molar-refractivity contribution is 4.72. The number of unbranched alkanes of at least 4 members (excludes halogenated alkanes) is 6. The van der Waals surface area contributed by atoms with Crippen LogP contribution in [0, 0.1) is 17.4 Å². The van der Waals surface area contributed by atoms with E-state index in [4.69, 9.17) is 0 Å². The van der Waals surface area contributed by atoms with Gasteiger partial charge in [0, 0.05) is 12.3 Å². The van der Waals surface area contributed by atoms with Crippen molar-refractivity contribution in [3.8, 4) is 6.19 Å². The average Bonchev–Trinajstić information content (AvgIpc) is 2.82. The van der Waals surface area contributed by atoms with Gasteiger partial charge in [0.1, 0.15) is 0 Å². The molecule has 1 rings (SSSR count). The lowest BCUT2D eigenvalue weighted by Gasteiger charge is -2.24. The summed E-state index contributed by atoms with van der Waals surface area (Å²) in [7, 11) is 0. The maximum atomic E-state index is 9.50. The second-order valence-electron chi connectivity index (χ2n) is 6.44. The largest absolute Gasteiger partial charge is 0.308 e. The molecular weight excluding hydrogens is 232 g/mol. The first kappa shape index (κ1) is 16.5. The van der Waals surface area contributed by atoms with Crippen LogP contribution in [0.25, 0.3) is 0 Å². The highest BCUT2D eigenvalue weighted by Gasteiger charge is 2.37. The van der Waals surface area contributed by atoms with Gasteiger partial charge in [-0.1, -0.05) is 52.4 Å². The Balaban J connectivity index is 2.14. The number of likely N-dealkylation sites (tertiary alicyclic amines) is 1. The van der Waals surface area contributed by atoms with E-state index < -0.39 is 0 Å². The molecule has 0 saturated carbocycles. The van der Waals surface area contributed by atoms with Crippen molar-refractivity contribution < 1.29 is 4.48 Å². The fourth-order valence-electron chi connectivity index (χ4n) is 3.47. The SMILES string of the molecule is CCCCCCCCC[N+]1(C#N)CCC(CCC)C1. The summed E-state index contributed by atoms with van der Waals surface area (Å²) in [4.78, 5) is 0. The van der Waals surface area contributed by atoms with Crippen LogP contribution in [0.15, 0.2) is 0 Å². The number of quaternary nitrogens is 1. The predicted molar refractivity (Wildman–Crippen MR) is 81.5 cm³/mol. The van der Waals surface area contributed by atoms with Gasteiger partial charge in [-0.25, -0.2) is 4.48 Å². The Kier molecular flexibility index (Phi) is 8.14. The lowest BCUT2D eigenvalue weighted by Crippen LogP contribution is -2.41. The van der Waals surface area contributed by atoms with Crippen LogP contribution >= 0.6 is 0 Å².